The van der Waals surface area contributed by atoms with E-state index in [9.17, 15) is 0 Å². The van der Waals surface area contributed by atoms with Crippen LogP contribution in [-0.2, 0) is 0 Å². The van der Waals surface area contributed by atoms with Gasteiger partial charge in [0, 0.05) is 5.92 Å². The average molecular weight is 318 g/mol. The van der Waals surface area contributed by atoms with Gasteiger partial charge in [-0.3, -0.25) is 0 Å². The normalized spacial score (nSPS) is 29.9. The average Bonchev–Trinajstić information content (AvgIpc) is 2.23. The Labute approximate surface area is 108 Å². The number of allylic oxidation sites excluding steroid dienone is 3. The van der Waals surface area contributed by atoms with Gasteiger partial charge in [0.2, 0.25) is 0 Å². The van der Waals surface area contributed by atoms with Gasteiger partial charge in [0.1, 0.15) is 0 Å². The second kappa shape index (κ2) is 6.07. The lowest BCUT2D eigenvalue weighted by Gasteiger charge is -2.31. The third-order valence-corrected chi connectivity index (χ3v) is 4.48. The van der Waals surface area contributed by atoms with E-state index in [2.05, 4.69) is 60.4 Å². The van der Waals surface area contributed by atoms with Gasteiger partial charge in [-0.05, 0) is 42.1 Å². The van der Waals surface area contributed by atoms with Crippen molar-refractivity contribution >= 4 is 22.6 Å². The van der Waals surface area contributed by atoms with Gasteiger partial charge >= 0.3 is 0 Å². The Morgan fingerprint density at radius 3 is 2.87 bits per heavy atom. The molecule has 86 valence electrons. The SMILES string of the molecule is CC[C@@H](C)/C(=C/I)C1C=C(C)CCC1C. The maximum absolute atomic E-state index is 2.50. The summed E-state index contributed by atoms with van der Waals surface area (Å²) < 4.78 is 2.32. The number of hydrogen-bond acceptors (Lipinski definition) is 0. The molecule has 0 nitrogen and oxygen atoms in total. The highest BCUT2D eigenvalue weighted by Gasteiger charge is 2.25. The third kappa shape index (κ3) is 3.33. The van der Waals surface area contributed by atoms with Crippen LogP contribution in [0, 0.1) is 17.8 Å². The van der Waals surface area contributed by atoms with Crippen LogP contribution in [0.2, 0.25) is 0 Å². The van der Waals surface area contributed by atoms with Crippen LogP contribution in [0.3, 0.4) is 0 Å². The molecule has 3 atom stereocenters. The molecular weight excluding hydrogens is 295 g/mol. The molecule has 0 aromatic heterocycles. The summed E-state index contributed by atoms with van der Waals surface area (Å²) >= 11 is 2.42. The van der Waals surface area contributed by atoms with Crippen molar-refractivity contribution < 1.29 is 0 Å². The topological polar surface area (TPSA) is 0 Å². The highest BCUT2D eigenvalue weighted by molar-refractivity contribution is 14.1. The summed E-state index contributed by atoms with van der Waals surface area (Å²) in [5.74, 6) is 2.26. The Balaban J connectivity index is 2.88. The molecule has 1 heteroatoms. The number of hydrogen-bond donors (Lipinski definition) is 0. The predicted octanol–water partition coefficient (Wildman–Crippen LogP) is 5.34. The molecule has 0 N–H and O–H groups in total. The largest absolute Gasteiger partial charge is 0.0781 e. The Bertz CT molecular complexity index is 263. The standard InChI is InChI=1S/C14H23I/c1-5-11(3)14(9-15)13-8-10(2)6-7-12(13)4/h8-9,11-13H,5-7H2,1-4H3/b14-9-/t11-,12?,13?/m1/s1. The molecule has 2 unspecified atom stereocenters. The number of rotatable bonds is 3. The van der Waals surface area contributed by atoms with Crippen LogP contribution in [0.5, 0.6) is 0 Å². The summed E-state index contributed by atoms with van der Waals surface area (Å²) in [5, 5.41) is 0. The van der Waals surface area contributed by atoms with Crippen molar-refractivity contribution in [2.45, 2.75) is 47.0 Å². The van der Waals surface area contributed by atoms with Crippen molar-refractivity contribution in [3.63, 3.8) is 0 Å². The monoisotopic (exact) mass is 318 g/mol. The second-order valence-corrected chi connectivity index (χ2v) is 5.60. The van der Waals surface area contributed by atoms with Crippen LogP contribution < -0.4 is 0 Å². The van der Waals surface area contributed by atoms with Gasteiger partial charge in [-0.25, -0.2) is 0 Å². The highest BCUT2D eigenvalue weighted by atomic mass is 127. The summed E-state index contributed by atoms with van der Waals surface area (Å²) in [7, 11) is 0. The molecule has 1 aliphatic rings. The lowest BCUT2D eigenvalue weighted by atomic mass is 9.75. The quantitative estimate of drug-likeness (QED) is 0.486. The first-order valence-electron chi connectivity index (χ1n) is 6.07. The van der Waals surface area contributed by atoms with Crippen LogP contribution in [0.1, 0.15) is 47.0 Å². The molecule has 0 bridgehead atoms. The van der Waals surface area contributed by atoms with E-state index in [4.69, 9.17) is 0 Å². The summed E-state index contributed by atoms with van der Waals surface area (Å²) in [6.45, 7) is 9.32. The summed E-state index contributed by atoms with van der Waals surface area (Å²) in [4.78, 5) is 0. The molecule has 0 aliphatic heterocycles. The van der Waals surface area contributed by atoms with Gasteiger partial charge in [0.25, 0.3) is 0 Å². The van der Waals surface area contributed by atoms with Gasteiger partial charge in [-0.15, -0.1) is 0 Å². The van der Waals surface area contributed by atoms with Crippen LogP contribution in [0.15, 0.2) is 21.3 Å². The van der Waals surface area contributed by atoms with Crippen molar-refractivity contribution in [3.8, 4) is 0 Å². The Hall–Kier alpha value is 0.210. The molecule has 0 amide bonds. The van der Waals surface area contributed by atoms with Gasteiger partial charge in [0.15, 0.2) is 0 Å². The summed E-state index contributed by atoms with van der Waals surface area (Å²) in [5.41, 5.74) is 3.22. The van der Waals surface area contributed by atoms with Crippen molar-refractivity contribution in [2.24, 2.45) is 17.8 Å². The first-order valence-corrected chi connectivity index (χ1v) is 7.32. The summed E-state index contributed by atoms with van der Waals surface area (Å²) in [6, 6.07) is 0. The van der Waals surface area contributed by atoms with Crippen LogP contribution in [0.4, 0.5) is 0 Å². The first-order chi connectivity index (χ1) is 7.10. The molecule has 0 saturated carbocycles. The van der Waals surface area contributed by atoms with Gasteiger partial charge in [-0.2, -0.15) is 0 Å². The van der Waals surface area contributed by atoms with Gasteiger partial charge < -0.3 is 0 Å². The molecule has 1 rings (SSSR count). The molecule has 0 fully saturated rings. The second-order valence-electron chi connectivity index (χ2n) is 4.97. The molecule has 0 spiro atoms. The van der Waals surface area contributed by atoms with E-state index in [-0.39, 0.29) is 0 Å². The van der Waals surface area contributed by atoms with Crippen LogP contribution >= 0.6 is 22.6 Å². The number of halogens is 1. The zero-order chi connectivity index (χ0) is 11.4. The minimum absolute atomic E-state index is 0.700. The first kappa shape index (κ1) is 13.3. The minimum Gasteiger partial charge on any atom is -0.0781 e. The van der Waals surface area contributed by atoms with Crippen LogP contribution in [-0.4, -0.2) is 0 Å². The molecular formula is C14H23I. The zero-order valence-electron chi connectivity index (χ0n) is 10.4. The van der Waals surface area contributed by atoms with Crippen molar-refractivity contribution in [2.75, 3.05) is 0 Å². The fourth-order valence-electron chi connectivity index (χ4n) is 2.36. The molecule has 1 aliphatic carbocycles. The summed E-state index contributed by atoms with van der Waals surface area (Å²) in [6.07, 6.45) is 6.42. The van der Waals surface area contributed by atoms with E-state index in [1.165, 1.54) is 19.3 Å². The van der Waals surface area contributed by atoms with Gasteiger partial charge in [0.05, 0.1) is 0 Å². The smallest absolute Gasteiger partial charge is 0.00153 e. The maximum atomic E-state index is 2.50. The molecule has 0 radical (unpaired) electrons. The molecule has 15 heavy (non-hydrogen) atoms. The predicted molar refractivity (Wildman–Crippen MR) is 77.2 cm³/mol. The zero-order valence-corrected chi connectivity index (χ0v) is 12.5. The van der Waals surface area contributed by atoms with Crippen molar-refractivity contribution in [3.05, 3.63) is 21.3 Å². The van der Waals surface area contributed by atoms with E-state index in [0.717, 1.165) is 11.8 Å². The van der Waals surface area contributed by atoms with E-state index in [1.807, 2.05) is 0 Å². The lowest BCUT2D eigenvalue weighted by molar-refractivity contribution is 0.392. The van der Waals surface area contributed by atoms with Crippen LogP contribution in [0.25, 0.3) is 0 Å². The third-order valence-electron chi connectivity index (χ3n) is 3.76. The molecule has 0 heterocycles. The maximum Gasteiger partial charge on any atom is 0.00153 e. The fourth-order valence-corrected chi connectivity index (χ4v) is 3.39. The highest BCUT2D eigenvalue weighted by Crippen LogP contribution is 2.37. The lowest BCUT2D eigenvalue weighted by Crippen LogP contribution is -2.19. The minimum atomic E-state index is 0.700. The Morgan fingerprint density at radius 2 is 2.33 bits per heavy atom. The van der Waals surface area contributed by atoms with E-state index >= 15 is 0 Å². The van der Waals surface area contributed by atoms with E-state index in [1.54, 1.807) is 11.1 Å². The van der Waals surface area contributed by atoms with Crippen molar-refractivity contribution in [1.82, 2.24) is 0 Å². The molecule has 0 aromatic carbocycles. The molecule has 0 aromatic rings. The fraction of sp³-hybridized carbons (Fsp3) is 0.714. The Kier molecular flexibility index (Phi) is 5.37. The van der Waals surface area contributed by atoms with E-state index < -0.39 is 0 Å². The Morgan fingerprint density at radius 1 is 1.67 bits per heavy atom. The van der Waals surface area contributed by atoms with E-state index in [0.29, 0.717) is 5.92 Å². The molecule has 0 saturated heterocycles. The van der Waals surface area contributed by atoms with Gasteiger partial charge in [-0.1, -0.05) is 60.6 Å². The van der Waals surface area contributed by atoms with Crippen molar-refractivity contribution in [1.29, 1.82) is 0 Å².